The fraction of sp³-hybridized carbons (Fsp3) is 0.364. The summed E-state index contributed by atoms with van der Waals surface area (Å²) in [6, 6.07) is 7.86. The minimum Gasteiger partial charge on any atom is -0.453 e. The molecule has 3 nitrogen and oxygen atoms in total. The van der Waals surface area contributed by atoms with E-state index in [9.17, 15) is 4.79 Å². The van der Waals surface area contributed by atoms with Gasteiger partial charge in [0, 0.05) is 4.90 Å². The molecule has 0 aliphatic rings. The molecule has 0 saturated heterocycles. The number of alkyl halides is 2. The average molecular weight is 294 g/mol. The molecule has 1 N–H and O–H groups in total. The van der Waals surface area contributed by atoms with Crippen molar-refractivity contribution in [1.82, 2.24) is 5.32 Å². The van der Waals surface area contributed by atoms with Crippen molar-refractivity contribution >= 4 is 41.1 Å². The van der Waals surface area contributed by atoms with Gasteiger partial charge >= 0.3 is 6.09 Å². The number of carbonyl (C=O) groups excluding carboxylic acids is 1. The van der Waals surface area contributed by atoms with Crippen LogP contribution in [-0.4, -0.2) is 23.4 Å². The molecule has 1 atom stereocenters. The van der Waals surface area contributed by atoms with Crippen LogP contribution in [0.25, 0.3) is 0 Å². The van der Waals surface area contributed by atoms with Crippen molar-refractivity contribution in [1.29, 1.82) is 0 Å². The molecule has 0 heterocycles. The minimum atomic E-state index is -0.722. The van der Waals surface area contributed by atoms with Crippen LogP contribution in [0.4, 0.5) is 4.79 Å². The molecule has 1 amide bonds. The normalized spacial score (nSPS) is 12.3. The molecular formula is C11H13Cl2NO2S. The van der Waals surface area contributed by atoms with Gasteiger partial charge in [-0.2, -0.15) is 0 Å². The molecule has 0 aliphatic carbocycles. The molecule has 6 heteroatoms. The SMILES string of the molecule is COC(=O)NC(Sc1ccc(C)cc1)C(Cl)Cl. The first kappa shape index (κ1) is 14.5. The van der Waals surface area contributed by atoms with Crippen molar-refractivity contribution in [2.75, 3.05) is 7.11 Å². The van der Waals surface area contributed by atoms with Gasteiger partial charge in [0.15, 0.2) is 0 Å². The Morgan fingerprint density at radius 1 is 1.35 bits per heavy atom. The molecule has 1 aromatic carbocycles. The molecule has 0 fully saturated rings. The molecule has 94 valence electrons. The number of benzene rings is 1. The highest BCUT2D eigenvalue weighted by atomic mass is 35.5. The first-order valence-electron chi connectivity index (χ1n) is 4.89. The Bertz CT molecular complexity index is 370. The number of amides is 1. The van der Waals surface area contributed by atoms with Crippen LogP contribution < -0.4 is 5.32 Å². The molecule has 0 radical (unpaired) electrons. The number of hydrogen-bond acceptors (Lipinski definition) is 3. The van der Waals surface area contributed by atoms with E-state index in [4.69, 9.17) is 23.2 Å². The van der Waals surface area contributed by atoms with Crippen molar-refractivity contribution in [3.63, 3.8) is 0 Å². The summed E-state index contributed by atoms with van der Waals surface area (Å²) < 4.78 is 4.51. The Morgan fingerprint density at radius 3 is 2.41 bits per heavy atom. The average Bonchev–Trinajstić information content (AvgIpc) is 2.30. The van der Waals surface area contributed by atoms with Gasteiger partial charge < -0.3 is 10.1 Å². The van der Waals surface area contributed by atoms with Crippen molar-refractivity contribution < 1.29 is 9.53 Å². The number of hydrogen-bond donors (Lipinski definition) is 1. The number of ether oxygens (including phenoxy) is 1. The monoisotopic (exact) mass is 293 g/mol. The predicted octanol–water partition coefficient (Wildman–Crippen LogP) is 3.57. The maximum absolute atomic E-state index is 11.1. The summed E-state index contributed by atoms with van der Waals surface area (Å²) in [5.74, 6) is 0. The third kappa shape index (κ3) is 5.06. The van der Waals surface area contributed by atoms with Crippen molar-refractivity contribution in [3.8, 4) is 0 Å². The van der Waals surface area contributed by atoms with E-state index in [-0.39, 0.29) is 0 Å². The number of halogens is 2. The van der Waals surface area contributed by atoms with Crippen molar-refractivity contribution in [2.24, 2.45) is 0 Å². The van der Waals surface area contributed by atoms with Gasteiger partial charge in [-0.1, -0.05) is 29.5 Å². The number of rotatable bonds is 4. The molecule has 0 bridgehead atoms. The largest absolute Gasteiger partial charge is 0.453 e. The lowest BCUT2D eigenvalue weighted by Gasteiger charge is -2.18. The van der Waals surface area contributed by atoms with Gasteiger partial charge in [0.1, 0.15) is 10.2 Å². The second-order valence-corrected chi connectivity index (χ2v) is 5.70. The lowest BCUT2D eigenvalue weighted by molar-refractivity contribution is 0.170. The Kier molecular flexibility index (Phi) is 5.95. The summed E-state index contributed by atoms with van der Waals surface area (Å²) in [5.41, 5.74) is 1.17. The maximum atomic E-state index is 11.1. The Hall–Kier alpha value is -0.580. The number of methoxy groups -OCH3 is 1. The molecule has 1 aromatic rings. The summed E-state index contributed by atoms with van der Waals surface area (Å²) >= 11 is 13.0. The number of carbonyl (C=O) groups is 1. The van der Waals surface area contributed by atoms with E-state index in [2.05, 4.69) is 10.1 Å². The second kappa shape index (κ2) is 6.99. The highest BCUT2D eigenvalue weighted by Crippen LogP contribution is 2.28. The topological polar surface area (TPSA) is 38.3 Å². The lowest BCUT2D eigenvalue weighted by Crippen LogP contribution is -2.36. The Balaban J connectivity index is 2.66. The highest BCUT2D eigenvalue weighted by Gasteiger charge is 2.20. The van der Waals surface area contributed by atoms with Gasteiger partial charge in [0.25, 0.3) is 0 Å². The fourth-order valence-electron chi connectivity index (χ4n) is 1.08. The highest BCUT2D eigenvalue weighted by molar-refractivity contribution is 8.00. The first-order valence-corrected chi connectivity index (χ1v) is 6.64. The Morgan fingerprint density at radius 2 is 1.94 bits per heavy atom. The molecule has 1 unspecified atom stereocenters. The van der Waals surface area contributed by atoms with Crippen molar-refractivity contribution in [3.05, 3.63) is 29.8 Å². The maximum Gasteiger partial charge on any atom is 0.407 e. The zero-order valence-corrected chi connectivity index (χ0v) is 11.8. The van der Waals surface area contributed by atoms with Gasteiger partial charge in [0.2, 0.25) is 0 Å². The van der Waals surface area contributed by atoms with E-state index < -0.39 is 16.3 Å². The summed E-state index contributed by atoms with van der Waals surface area (Å²) in [6.45, 7) is 2.00. The zero-order chi connectivity index (χ0) is 12.8. The van der Waals surface area contributed by atoms with Crippen LogP contribution in [0.15, 0.2) is 29.2 Å². The van der Waals surface area contributed by atoms with E-state index in [0.717, 1.165) is 4.90 Å². The molecule has 1 rings (SSSR count). The van der Waals surface area contributed by atoms with E-state index in [1.165, 1.54) is 24.4 Å². The molecule has 0 spiro atoms. The summed E-state index contributed by atoms with van der Waals surface area (Å²) in [7, 11) is 1.29. The molecule has 0 aromatic heterocycles. The van der Waals surface area contributed by atoms with E-state index in [1.807, 2.05) is 31.2 Å². The smallest absolute Gasteiger partial charge is 0.407 e. The quantitative estimate of drug-likeness (QED) is 0.524. The predicted molar refractivity (Wildman–Crippen MR) is 71.9 cm³/mol. The number of alkyl carbamates (subject to hydrolysis) is 1. The summed E-state index contributed by atoms with van der Waals surface area (Å²) in [6.07, 6.45) is -0.555. The van der Waals surface area contributed by atoms with Gasteiger partial charge in [-0.3, -0.25) is 0 Å². The number of thioether (sulfide) groups is 1. The summed E-state index contributed by atoms with van der Waals surface area (Å²) in [4.78, 5) is 11.4. The molecule has 17 heavy (non-hydrogen) atoms. The van der Waals surface area contributed by atoms with E-state index >= 15 is 0 Å². The van der Waals surface area contributed by atoms with Crippen LogP contribution in [0.3, 0.4) is 0 Å². The fourth-order valence-corrected chi connectivity index (χ4v) is 2.36. The number of nitrogens with one attached hydrogen (secondary N) is 1. The van der Waals surface area contributed by atoms with E-state index in [0.29, 0.717) is 0 Å². The van der Waals surface area contributed by atoms with Crippen LogP contribution in [0.5, 0.6) is 0 Å². The molecular weight excluding hydrogens is 281 g/mol. The minimum absolute atomic E-state index is 0.450. The molecule has 0 aliphatic heterocycles. The van der Waals surface area contributed by atoms with Crippen molar-refractivity contribution in [2.45, 2.75) is 22.0 Å². The van der Waals surface area contributed by atoms with Gasteiger partial charge in [0.05, 0.1) is 7.11 Å². The van der Waals surface area contributed by atoms with Gasteiger partial charge in [-0.05, 0) is 19.1 Å². The lowest BCUT2D eigenvalue weighted by atomic mass is 10.2. The van der Waals surface area contributed by atoms with Crippen LogP contribution in [0.2, 0.25) is 0 Å². The number of aryl methyl sites for hydroxylation is 1. The molecule has 0 saturated carbocycles. The van der Waals surface area contributed by atoms with Crippen LogP contribution >= 0.6 is 35.0 Å². The van der Waals surface area contributed by atoms with E-state index in [1.54, 1.807) is 0 Å². The Labute approximate surface area is 115 Å². The standard InChI is InChI=1S/C11H13Cl2NO2S/c1-7-3-5-8(6-4-7)17-10(9(12)13)14-11(15)16-2/h3-6,9-10H,1-2H3,(H,14,15). The second-order valence-electron chi connectivity index (χ2n) is 3.32. The van der Waals surface area contributed by atoms with Crippen LogP contribution in [0.1, 0.15) is 5.56 Å². The third-order valence-corrected chi connectivity index (χ3v) is 3.95. The van der Waals surface area contributed by atoms with Gasteiger partial charge in [-0.15, -0.1) is 23.2 Å². The van der Waals surface area contributed by atoms with Gasteiger partial charge in [-0.25, -0.2) is 4.79 Å². The first-order chi connectivity index (χ1) is 8.02. The summed E-state index contributed by atoms with van der Waals surface area (Å²) in [5, 5.41) is 2.12. The zero-order valence-electron chi connectivity index (χ0n) is 9.44. The van der Waals surface area contributed by atoms with Crippen LogP contribution in [0, 0.1) is 6.92 Å². The van der Waals surface area contributed by atoms with Crippen LogP contribution in [-0.2, 0) is 4.74 Å². The third-order valence-electron chi connectivity index (χ3n) is 1.96.